The van der Waals surface area contributed by atoms with Crippen LogP contribution in [0.1, 0.15) is 26.3 Å². The van der Waals surface area contributed by atoms with Gasteiger partial charge >= 0.3 is 0 Å². The predicted octanol–water partition coefficient (Wildman–Crippen LogP) is 2.37. The summed E-state index contributed by atoms with van der Waals surface area (Å²) in [6.07, 6.45) is 2.95. The molecule has 0 atom stereocenters. The number of amides is 2. The third kappa shape index (κ3) is 4.20. The van der Waals surface area contributed by atoms with Crippen molar-refractivity contribution in [3.63, 3.8) is 0 Å². The van der Waals surface area contributed by atoms with E-state index in [9.17, 15) is 14.7 Å². The molecule has 1 aromatic heterocycles. The van der Waals surface area contributed by atoms with Crippen molar-refractivity contribution >= 4 is 23.4 Å². The molecule has 0 unspecified atom stereocenters. The fourth-order valence-corrected chi connectivity index (χ4v) is 2.47. The summed E-state index contributed by atoms with van der Waals surface area (Å²) in [5, 5.41) is 14.1. The zero-order valence-corrected chi connectivity index (χ0v) is 14.3. The number of phenols is 1. The maximum atomic E-state index is 12.1. The SMILES string of the molecule is O=C(NNC(=O)c1cnn(Cc2ccccc2Cl)c1)c1cccc(O)c1. The van der Waals surface area contributed by atoms with Crippen LogP contribution >= 0.6 is 11.6 Å². The largest absolute Gasteiger partial charge is 0.508 e. The molecular formula is C18H15ClN4O3. The van der Waals surface area contributed by atoms with Gasteiger partial charge in [-0.3, -0.25) is 25.1 Å². The first-order valence-electron chi connectivity index (χ1n) is 7.68. The van der Waals surface area contributed by atoms with Crippen molar-refractivity contribution in [2.75, 3.05) is 0 Å². The minimum Gasteiger partial charge on any atom is -0.508 e. The maximum Gasteiger partial charge on any atom is 0.272 e. The van der Waals surface area contributed by atoms with Crippen molar-refractivity contribution in [3.8, 4) is 5.75 Å². The fourth-order valence-electron chi connectivity index (χ4n) is 2.27. The molecule has 2 amide bonds. The van der Waals surface area contributed by atoms with Crippen LogP contribution in [0.3, 0.4) is 0 Å². The van der Waals surface area contributed by atoms with Crippen LogP contribution in [0.4, 0.5) is 0 Å². The zero-order valence-electron chi connectivity index (χ0n) is 13.5. The highest BCUT2D eigenvalue weighted by Crippen LogP contribution is 2.16. The van der Waals surface area contributed by atoms with Crippen LogP contribution in [0.2, 0.25) is 5.02 Å². The molecule has 0 radical (unpaired) electrons. The lowest BCUT2D eigenvalue weighted by Gasteiger charge is -2.06. The molecule has 0 spiro atoms. The molecule has 0 aliphatic heterocycles. The molecule has 3 rings (SSSR count). The van der Waals surface area contributed by atoms with Crippen molar-refractivity contribution in [1.82, 2.24) is 20.6 Å². The van der Waals surface area contributed by atoms with Gasteiger partial charge in [0.05, 0.1) is 18.3 Å². The van der Waals surface area contributed by atoms with Gasteiger partial charge in [-0.15, -0.1) is 0 Å². The van der Waals surface area contributed by atoms with E-state index in [2.05, 4.69) is 16.0 Å². The number of hydrazine groups is 1. The van der Waals surface area contributed by atoms with E-state index >= 15 is 0 Å². The molecule has 0 aliphatic carbocycles. The number of nitrogens with zero attached hydrogens (tertiary/aromatic N) is 2. The number of hydrogen-bond acceptors (Lipinski definition) is 4. The summed E-state index contributed by atoms with van der Waals surface area (Å²) < 4.78 is 1.58. The van der Waals surface area contributed by atoms with Crippen LogP contribution in [0.25, 0.3) is 0 Å². The van der Waals surface area contributed by atoms with Crippen molar-refractivity contribution < 1.29 is 14.7 Å². The number of rotatable bonds is 4. The number of carbonyl (C=O) groups is 2. The van der Waals surface area contributed by atoms with E-state index in [1.165, 1.54) is 30.5 Å². The van der Waals surface area contributed by atoms with E-state index in [0.29, 0.717) is 11.6 Å². The van der Waals surface area contributed by atoms with Crippen LogP contribution in [-0.2, 0) is 6.54 Å². The van der Waals surface area contributed by atoms with Gasteiger partial charge in [0.15, 0.2) is 0 Å². The van der Waals surface area contributed by atoms with Gasteiger partial charge in [0.1, 0.15) is 5.75 Å². The number of aromatic hydroxyl groups is 1. The summed E-state index contributed by atoms with van der Waals surface area (Å²) >= 11 is 6.11. The molecule has 8 heteroatoms. The average Bonchev–Trinajstić information content (AvgIpc) is 3.10. The van der Waals surface area contributed by atoms with Crippen LogP contribution in [0.15, 0.2) is 60.9 Å². The molecular weight excluding hydrogens is 356 g/mol. The van der Waals surface area contributed by atoms with E-state index in [-0.39, 0.29) is 16.9 Å². The second-order valence-corrected chi connectivity index (χ2v) is 5.88. The van der Waals surface area contributed by atoms with E-state index in [4.69, 9.17) is 11.6 Å². The van der Waals surface area contributed by atoms with Crippen molar-refractivity contribution in [3.05, 3.63) is 82.6 Å². The number of halogens is 1. The molecule has 0 saturated heterocycles. The highest BCUT2D eigenvalue weighted by Gasteiger charge is 2.12. The Bertz CT molecular complexity index is 955. The quantitative estimate of drug-likeness (QED) is 0.614. The smallest absolute Gasteiger partial charge is 0.272 e. The first kappa shape index (κ1) is 17.5. The van der Waals surface area contributed by atoms with E-state index in [1.807, 2.05) is 18.2 Å². The lowest BCUT2D eigenvalue weighted by atomic mass is 10.2. The van der Waals surface area contributed by atoms with Crippen molar-refractivity contribution in [2.45, 2.75) is 6.54 Å². The maximum absolute atomic E-state index is 12.1. The van der Waals surface area contributed by atoms with Crippen molar-refractivity contribution in [1.29, 1.82) is 0 Å². The summed E-state index contributed by atoms with van der Waals surface area (Å²) in [7, 11) is 0. The van der Waals surface area contributed by atoms with Gasteiger partial charge in [-0.1, -0.05) is 35.9 Å². The Morgan fingerprint density at radius 2 is 1.77 bits per heavy atom. The van der Waals surface area contributed by atoms with Crippen LogP contribution in [0, 0.1) is 0 Å². The number of nitrogens with one attached hydrogen (secondary N) is 2. The molecule has 26 heavy (non-hydrogen) atoms. The van der Waals surface area contributed by atoms with Gasteiger partial charge in [-0.25, -0.2) is 0 Å². The minimum absolute atomic E-state index is 0.0372. The monoisotopic (exact) mass is 370 g/mol. The summed E-state index contributed by atoms with van der Waals surface area (Å²) in [5.74, 6) is -1.09. The van der Waals surface area contributed by atoms with Gasteiger partial charge in [-0.2, -0.15) is 5.10 Å². The predicted molar refractivity (Wildman–Crippen MR) is 95.8 cm³/mol. The molecule has 7 nitrogen and oxygen atoms in total. The van der Waals surface area contributed by atoms with Crippen LogP contribution in [-0.4, -0.2) is 26.7 Å². The lowest BCUT2D eigenvalue weighted by Crippen LogP contribution is -2.41. The number of phenolic OH excluding ortho intramolecular Hbond substituents is 1. The topological polar surface area (TPSA) is 96.3 Å². The summed E-state index contributed by atoms with van der Waals surface area (Å²) in [6, 6.07) is 13.2. The minimum atomic E-state index is -0.544. The van der Waals surface area contributed by atoms with Gasteiger partial charge in [-0.05, 0) is 29.8 Å². The summed E-state index contributed by atoms with van der Waals surface area (Å²) in [6.45, 7) is 0.419. The Morgan fingerprint density at radius 1 is 1.04 bits per heavy atom. The second kappa shape index (κ2) is 7.71. The van der Waals surface area contributed by atoms with Crippen LogP contribution in [0.5, 0.6) is 5.75 Å². The van der Waals surface area contributed by atoms with Gasteiger partial charge in [0.2, 0.25) is 0 Å². The molecule has 3 aromatic rings. The first-order chi connectivity index (χ1) is 12.5. The molecule has 0 bridgehead atoms. The van der Waals surface area contributed by atoms with E-state index in [1.54, 1.807) is 16.9 Å². The van der Waals surface area contributed by atoms with Crippen LogP contribution < -0.4 is 10.9 Å². The normalized spacial score (nSPS) is 10.3. The molecule has 3 N–H and O–H groups in total. The standard InChI is InChI=1S/C18H15ClN4O3/c19-16-7-2-1-4-13(16)10-23-11-14(9-20-23)18(26)22-21-17(25)12-5-3-6-15(24)8-12/h1-9,11,24H,10H2,(H,21,25)(H,22,26). The Morgan fingerprint density at radius 3 is 2.50 bits per heavy atom. The van der Waals surface area contributed by atoms with Gasteiger partial charge in [0.25, 0.3) is 11.8 Å². The Kier molecular flexibility index (Phi) is 5.19. The van der Waals surface area contributed by atoms with Gasteiger partial charge < -0.3 is 5.11 Å². The molecule has 0 saturated carbocycles. The summed E-state index contributed by atoms with van der Waals surface area (Å²) in [5.41, 5.74) is 5.97. The third-order valence-corrected chi connectivity index (χ3v) is 3.95. The lowest BCUT2D eigenvalue weighted by molar-refractivity contribution is 0.0846. The summed E-state index contributed by atoms with van der Waals surface area (Å²) in [4.78, 5) is 24.1. The molecule has 2 aromatic carbocycles. The second-order valence-electron chi connectivity index (χ2n) is 5.48. The molecule has 1 heterocycles. The van der Waals surface area contributed by atoms with Gasteiger partial charge in [0, 0.05) is 16.8 Å². The Hall–Kier alpha value is -3.32. The van der Waals surface area contributed by atoms with Crippen molar-refractivity contribution in [2.24, 2.45) is 0 Å². The third-order valence-electron chi connectivity index (χ3n) is 3.58. The molecule has 0 aliphatic rings. The van der Waals surface area contributed by atoms with E-state index < -0.39 is 11.8 Å². The Balaban J connectivity index is 1.60. The average molecular weight is 371 g/mol. The Labute approximate surface area is 154 Å². The highest BCUT2D eigenvalue weighted by atomic mass is 35.5. The number of aromatic nitrogens is 2. The fraction of sp³-hybridized carbons (Fsp3) is 0.0556. The zero-order chi connectivity index (χ0) is 18.5. The van der Waals surface area contributed by atoms with E-state index in [0.717, 1.165) is 5.56 Å². The number of hydrogen-bond donors (Lipinski definition) is 3. The first-order valence-corrected chi connectivity index (χ1v) is 8.06. The number of benzene rings is 2. The molecule has 0 fully saturated rings. The molecule has 132 valence electrons. The highest BCUT2D eigenvalue weighted by molar-refractivity contribution is 6.31. The number of carbonyl (C=O) groups excluding carboxylic acids is 2.